The van der Waals surface area contributed by atoms with Gasteiger partial charge in [0.15, 0.2) is 0 Å². The van der Waals surface area contributed by atoms with Crippen molar-refractivity contribution in [2.45, 2.75) is 18.7 Å². The number of carbonyl (C=O) groups is 1. The van der Waals surface area contributed by atoms with E-state index in [0.29, 0.717) is 16.1 Å². The summed E-state index contributed by atoms with van der Waals surface area (Å²) in [6.45, 7) is 3.40. The first-order chi connectivity index (χ1) is 11.2. The minimum atomic E-state index is -3.95. The Morgan fingerprint density at radius 1 is 1.04 bits per heavy atom. The molecule has 0 spiro atoms. The number of carbonyl (C=O) groups excluding carboxylic acids is 1. The number of rotatable bonds is 4. The summed E-state index contributed by atoms with van der Waals surface area (Å²) >= 11 is 12.0. The smallest absolute Gasteiger partial charge is 0.337 e. The first-order valence-corrected chi connectivity index (χ1v) is 9.07. The Morgan fingerprint density at radius 2 is 1.71 bits per heavy atom. The average molecular weight is 388 g/mol. The van der Waals surface area contributed by atoms with E-state index in [2.05, 4.69) is 9.46 Å². The number of aryl methyl sites for hydroxylation is 2. The topological polar surface area (TPSA) is 72.5 Å². The molecule has 0 fully saturated rings. The molecule has 0 atom stereocenters. The van der Waals surface area contributed by atoms with Crippen molar-refractivity contribution in [2.24, 2.45) is 0 Å². The van der Waals surface area contributed by atoms with Crippen LogP contribution in [-0.2, 0) is 14.8 Å². The third-order valence-corrected chi connectivity index (χ3v) is 5.64. The Labute approximate surface area is 150 Å². The molecule has 0 amide bonds. The maximum absolute atomic E-state index is 12.6. The molecule has 0 saturated carbocycles. The number of ether oxygens (including phenoxy) is 1. The minimum Gasteiger partial charge on any atom is -0.465 e. The highest BCUT2D eigenvalue weighted by Crippen LogP contribution is 2.30. The van der Waals surface area contributed by atoms with Gasteiger partial charge in [-0.25, -0.2) is 13.2 Å². The molecule has 0 aliphatic heterocycles. The summed E-state index contributed by atoms with van der Waals surface area (Å²) in [4.78, 5) is 11.5. The fraction of sp³-hybridized carbons (Fsp3) is 0.188. The third-order valence-electron chi connectivity index (χ3n) is 3.41. The molecule has 0 unspecified atom stereocenters. The molecule has 1 N–H and O–H groups in total. The Hall–Kier alpha value is -1.76. The number of anilines is 1. The van der Waals surface area contributed by atoms with Gasteiger partial charge in [-0.15, -0.1) is 0 Å². The monoisotopic (exact) mass is 387 g/mol. The van der Waals surface area contributed by atoms with Crippen LogP contribution in [-0.4, -0.2) is 21.5 Å². The molecule has 0 bridgehead atoms. The number of esters is 1. The standard InChI is InChI=1S/C16H15Cl2NO4S/c1-9-4-5-11(16(20)23-3)7-14(9)19-24(21,22)15-6-10(2)12(17)8-13(15)18/h4-8,19H,1-3H3. The number of hydrogen-bond acceptors (Lipinski definition) is 4. The third kappa shape index (κ3) is 3.83. The van der Waals surface area contributed by atoms with E-state index >= 15 is 0 Å². The zero-order chi connectivity index (χ0) is 18.1. The number of halogens is 2. The molecule has 2 aromatic carbocycles. The lowest BCUT2D eigenvalue weighted by atomic mass is 10.1. The molecule has 0 radical (unpaired) electrons. The van der Waals surface area contributed by atoms with Crippen LogP contribution in [0, 0.1) is 13.8 Å². The van der Waals surface area contributed by atoms with Gasteiger partial charge < -0.3 is 4.74 Å². The van der Waals surface area contributed by atoms with E-state index in [9.17, 15) is 13.2 Å². The van der Waals surface area contributed by atoms with Crippen LogP contribution in [0.3, 0.4) is 0 Å². The van der Waals surface area contributed by atoms with Crippen molar-refractivity contribution in [3.63, 3.8) is 0 Å². The van der Waals surface area contributed by atoms with E-state index in [1.54, 1.807) is 26.0 Å². The average Bonchev–Trinajstić information content (AvgIpc) is 2.51. The first-order valence-electron chi connectivity index (χ1n) is 6.83. The van der Waals surface area contributed by atoms with E-state index in [1.807, 2.05) is 0 Å². The molecule has 0 aliphatic carbocycles. The van der Waals surface area contributed by atoms with Crippen molar-refractivity contribution in [3.05, 3.63) is 57.1 Å². The predicted molar refractivity (Wildman–Crippen MR) is 94.5 cm³/mol. The molecular weight excluding hydrogens is 373 g/mol. The van der Waals surface area contributed by atoms with Gasteiger partial charge in [0, 0.05) is 5.02 Å². The lowest BCUT2D eigenvalue weighted by Gasteiger charge is -2.13. The maximum atomic E-state index is 12.6. The van der Waals surface area contributed by atoms with Crippen molar-refractivity contribution < 1.29 is 17.9 Å². The summed E-state index contributed by atoms with van der Waals surface area (Å²) < 4.78 is 32.4. The largest absolute Gasteiger partial charge is 0.465 e. The summed E-state index contributed by atoms with van der Waals surface area (Å²) in [6.07, 6.45) is 0. The van der Waals surface area contributed by atoms with Gasteiger partial charge in [0.2, 0.25) is 0 Å². The Balaban J connectivity index is 2.47. The van der Waals surface area contributed by atoms with Gasteiger partial charge in [-0.3, -0.25) is 4.72 Å². The molecule has 0 aromatic heterocycles. The zero-order valence-corrected chi connectivity index (χ0v) is 15.5. The quantitative estimate of drug-likeness (QED) is 0.797. The van der Waals surface area contributed by atoms with Crippen molar-refractivity contribution in [3.8, 4) is 0 Å². The second-order valence-corrected chi connectivity index (χ2v) is 7.62. The molecule has 5 nitrogen and oxygen atoms in total. The molecule has 128 valence electrons. The summed E-state index contributed by atoms with van der Waals surface area (Å²) in [5, 5.41) is 0.391. The molecule has 0 saturated heterocycles. The molecule has 0 aliphatic rings. The van der Waals surface area contributed by atoms with Crippen LogP contribution in [0.4, 0.5) is 5.69 Å². The number of nitrogens with one attached hydrogen (secondary N) is 1. The second-order valence-electron chi connectivity index (χ2n) is 5.16. The molecular formula is C16H15Cl2NO4S. The van der Waals surface area contributed by atoms with Crippen LogP contribution in [0.5, 0.6) is 0 Å². The molecule has 0 heterocycles. The van der Waals surface area contributed by atoms with Crippen LogP contribution in [0.25, 0.3) is 0 Å². The van der Waals surface area contributed by atoms with Crippen molar-refractivity contribution in [2.75, 3.05) is 11.8 Å². The van der Waals surface area contributed by atoms with Gasteiger partial charge in [-0.2, -0.15) is 0 Å². The van der Waals surface area contributed by atoms with Crippen LogP contribution >= 0.6 is 23.2 Å². The van der Waals surface area contributed by atoms with Gasteiger partial charge >= 0.3 is 5.97 Å². The Kier molecular flexibility index (Phi) is 5.42. The second kappa shape index (κ2) is 7.01. The fourth-order valence-corrected chi connectivity index (χ4v) is 3.97. The zero-order valence-electron chi connectivity index (χ0n) is 13.2. The van der Waals surface area contributed by atoms with Crippen LogP contribution < -0.4 is 4.72 Å². The lowest BCUT2D eigenvalue weighted by molar-refractivity contribution is 0.0601. The highest BCUT2D eigenvalue weighted by Gasteiger charge is 2.21. The van der Waals surface area contributed by atoms with E-state index in [0.717, 1.165) is 0 Å². The molecule has 24 heavy (non-hydrogen) atoms. The van der Waals surface area contributed by atoms with Crippen LogP contribution in [0.15, 0.2) is 35.2 Å². The van der Waals surface area contributed by atoms with Gasteiger partial charge in [-0.05, 0) is 49.2 Å². The van der Waals surface area contributed by atoms with Crippen molar-refractivity contribution >= 4 is 44.9 Å². The number of methoxy groups -OCH3 is 1. The Bertz CT molecular complexity index is 911. The predicted octanol–water partition coefficient (Wildman–Crippen LogP) is 4.20. The summed E-state index contributed by atoms with van der Waals surface area (Å²) in [5.74, 6) is -0.559. The number of sulfonamides is 1. The molecule has 8 heteroatoms. The molecule has 2 rings (SSSR count). The first kappa shape index (κ1) is 18.6. The highest BCUT2D eigenvalue weighted by molar-refractivity contribution is 7.92. The normalized spacial score (nSPS) is 11.2. The minimum absolute atomic E-state index is 0.0138. The Morgan fingerprint density at radius 3 is 2.33 bits per heavy atom. The molecule has 2 aromatic rings. The van der Waals surface area contributed by atoms with Crippen LogP contribution in [0.2, 0.25) is 10.0 Å². The highest BCUT2D eigenvalue weighted by atomic mass is 35.5. The van der Waals surface area contributed by atoms with E-state index in [4.69, 9.17) is 23.2 Å². The van der Waals surface area contributed by atoms with E-state index in [-0.39, 0.29) is 21.2 Å². The fourth-order valence-electron chi connectivity index (χ4n) is 2.01. The van der Waals surface area contributed by atoms with Crippen molar-refractivity contribution in [1.29, 1.82) is 0 Å². The summed E-state index contributed by atoms with van der Waals surface area (Å²) in [6, 6.07) is 7.36. The van der Waals surface area contributed by atoms with Gasteiger partial charge in [0.05, 0.1) is 23.4 Å². The maximum Gasteiger partial charge on any atom is 0.337 e. The number of benzene rings is 2. The van der Waals surface area contributed by atoms with Gasteiger partial charge in [-0.1, -0.05) is 29.3 Å². The van der Waals surface area contributed by atoms with Crippen LogP contribution in [0.1, 0.15) is 21.5 Å². The number of hydrogen-bond donors (Lipinski definition) is 1. The summed E-state index contributed by atoms with van der Waals surface area (Å²) in [5.41, 5.74) is 1.73. The lowest BCUT2D eigenvalue weighted by Crippen LogP contribution is -2.15. The van der Waals surface area contributed by atoms with E-state index < -0.39 is 16.0 Å². The van der Waals surface area contributed by atoms with E-state index in [1.165, 1.54) is 25.3 Å². The van der Waals surface area contributed by atoms with Gasteiger partial charge in [0.1, 0.15) is 4.90 Å². The SMILES string of the molecule is COC(=O)c1ccc(C)c(NS(=O)(=O)c2cc(C)c(Cl)cc2Cl)c1. The van der Waals surface area contributed by atoms with Gasteiger partial charge in [0.25, 0.3) is 10.0 Å². The summed E-state index contributed by atoms with van der Waals surface area (Å²) in [7, 11) is -2.70. The van der Waals surface area contributed by atoms with Crippen molar-refractivity contribution in [1.82, 2.24) is 0 Å².